The van der Waals surface area contributed by atoms with Crippen LogP contribution in [0.3, 0.4) is 0 Å². The molecule has 1 saturated heterocycles. The summed E-state index contributed by atoms with van der Waals surface area (Å²) in [5.41, 5.74) is 1.49. The van der Waals surface area contributed by atoms with Crippen LogP contribution < -0.4 is 0 Å². The highest BCUT2D eigenvalue weighted by Crippen LogP contribution is 2.47. The van der Waals surface area contributed by atoms with E-state index in [-0.39, 0.29) is 17.8 Å². The van der Waals surface area contributed by atoms with Gasteiger partial charge < -0.3 is 14.6 Å². The monoisotopic (exact) mass is 345 g/mol. The van der Waals surface area contributed by atoms with Crippen molar-refractivity contribution in [2.45, 2.75) is 51.3 Å². The number of hydrogen-bond donors (Lipinski definition) is 1. The molecule has 2 heterocycles. The number of carbonyl (C=O) groups is 2. The standard InChI is InChI=1S/C19H23NO5/c1-19(2,3)25-18(23)20-13-9-10-14(20)16(17(22)24-4)15(13)11-5-7-12(21)8-6-11/h5-8,13-14,21H,9-10H2,1-4H3. The molecular weight excluding hydrogens is 322 g/mol. The minimum atomic E-state index is -0.608. The fourth-order valence-corrected chi connectivity index (χ4v) is 3.65. The number of phenols is 1. The second-order valence-electron chi connectivity index (χ2n) is 7.36. The Balaban J connectivity index is 2.02. The first-order valence-electron chi connectivity index (χ1n) is 8.36. The fraction of sp³-hybridized carbons (Fsp3) is 0.474. The smallest absolute Gasteiger partial charge is 0.411 e. The molecule has 1 N–H and O–H groups in total. The molecule has 0 spiro atoms. The van der Waals surface area contributed by atoms with Crippen LogP contribution in [-0.4, -0.2) is 46.9 Å². The van der Waals surface area contributed by atoms with Crippen LogP contribution in [0.5, 0.6) is 5.75 Å². The number of hydrogen-bond acceptors (Lipinski definition) is 5. The highest BCUT2D eigenvalue weighted by molar-refractivity contribution is 6.03. The minimum Gasteiger partial charge on any atom is -0.508 e. The van der Waals surface area contributed by atoms with Crippen molar-refractivity contribution in [2.75, 3.05) is 7.11 Å². The van der Waals surface area contributed by atoms with Gasteiger partial charge >= 0.3 is 12.1 Å². The van der Waals surface area contributed by atoms with Gasteiger partial charge in [0.05, 0.1) is 24.8 Å². The number of phenolic OH excluding ortho intramolecular Hbond substituents is 1. The van der Waals surface area contributed by atoms with Gasteiger partial charge in [0.2, 0.25) is 0 Å². The summed E-state index contributed by atoms with van der Waals surface area (Å²) in [6.07, 6.45) is 1.05. The van der Waals surface area contributed by atoms with Crippen LogP contribution in [0.4, 0.5) is 4.79 Å². The number of carbonyl (C=O) groups excluding carboxylic acids is 2. The summed E-state index contributed by atoms with van der Waals surface area (Å²) in [5.74, 6) is -0.278. The number of methoxy groups -OCH3 is 1. The molecule has 0 radical (unpaired) electrons. The zero-order chi connectivity index (χ0) is 18.4. The zero-order valence-electron chi connectivity index (χ0n) is 14.9. The van der Waals surface area contributed by atoms with Gasteiger partial charge in [-0.25, -0.2) is 9.59 Å². The quantitative estimate of drug-likeness (QED) is 0.834. The molecule has 2 atom stereocenters. The van der Waals surface area contributed by atoms with E-state index >= 15 is 0 Å². The Morgan fingerprint density at radius 1 is 1.12 bits per heavy atom. The number of aromatic hydroxyl groups is 1. The highest BCUT2D eigenvalue weighted by Gasteiger charge is 2.52. The van der Waals surface area contributed by atoms with Gasteiger partial charge in [-0.05, 0) is 56.9 Å². The molecule has 1 amide bonds. The van der Waals surface area contributed by atoms with Crippen molar-refractivity contribution in [1.82, 2.24) is 4.90 Å². The van der Waals surface area contributed by atoms with Crippen molar-refractivity contribution in [3.63, 3.8) is 0 Å². The zero-order valence-corrected chi connectivity index (χ0v) is 14.9. The Bertz CT molecular complexity index is 729. The third kappa shape index (κ3) is 3.08. The molecule has 0 saturated carbocycles. The van der Waals surface area contributed by atoms with E-state index in [9.17, 15) is 14.7 Å². The van der Waals surface area contributed by atoms with E-state index in [1.165, 1.54) is 7.11 Å². The summed E-state index contributed by atoms with van der Waals surface area (Å²) in [6, 6.07) is 6.08. The Labute approximate surface area is 147 Å². The molecule has 2 aliphatic rings. The van der Waals surface area contributed by atoms with Gasteiger partial charge in [0.15, 0.2) is 0 Å². The number of fused-ring (bicyclic) bond motifs is 2. The van der Waals surface area contributed by atoms with E-state index in [1.54, 1.807) is 29.2 Å². The minimum absolute atomic E-state index is 0.149. The molecule has 2 bridgehead atoms. The first-order chi connectivity index (χ1) is 11.7. The van der Waals surface area contributed by atoms with E-state index < -0.39 is 17.7 Å². The molecule has 134 valence electrons. The predicted octanol–water partition coefficient (Wildman–Crippen LogP) is 3.10. The summed E-state index contributed by atoms with van der Waals surface area (Å²) in [7, 11) is 1.34. The van der Waals surface area contributed by atoms with Crippen molar-refractivity contribution in [2.24, 2.45) is 0 Å². The number of amides is 1. The Morgan fingerprint density at radius 3 is 2.28 bits per heavy atom. The summed E-state index contributed by atoms with van der Waals surface area (Å²) in [6.45, 7) is 5.45. The van der Waals surface area contributed by atoms with Crippen LogP contribution in [0.25, 0.3) is 5.57 Å². The highest BCUT2D eigenvalue weighted by atomic mass is 16.6. The molecule has 1 aromatic carbocycles. The van der Waals surface area contributed by atoms with Gasteiger partial charge in [-0.15, -0.1) is 0 Å². The average molecular weight is 345 g/mol. The molecule has 1 fully saturated rings. The molecule has 6 nitrogen and oxygen atoms in total. The Morgan fingerprint density at radius 2 is 1.72 bits per heavy atom. The number of rotatable bonds is 2. The van der Waals surface area contributed by atoms with Crippen molar-refractivity contribution in [3.8, 4) is 5.75 Å². The maximum atomic E-state index is 12.7. The lowest BCUT2D eigenvalue weighted by Crippen LogP contribution is -2.41. The van der Waals surface area contributed by atoms with Crippen molar-refractivity contribution < 1.29 is 24.2 Å². The molecule has 0 aromatic heterocycles. The van der Waals surface area contributed by atoms with E-state index in [0.717, 1.165) is 17.6 Å². The first-order valence-corrected chi connectivity index (χ1v) is 8.36. The molecule has 3 rings (SSSR count). The summed E-state index contributed by atoms with van der Waals surface area (Å²) in [4.78, 5) is 26.7. The summed E-state index contributed by atoms with van der Waals surface area (Å²) < 4.78 is 10.5. The topological polar surface area (TPSA) is 76.1 Å². The van der Waals surface area contributed by atoms with Gasteiger partial charge in [-0.3, -0.25) is 4.90 Å². The van der Waals surface area contributed by atoms with Crippen molar-refractivity contribution >= 4 is 17.6 Å². The van der Waals surface area contributed by atoms with Gasteiger partial charge in [-0.1, -0.05) is 12.1 Å². The predicted molar refractivity (Wildman–Crippen MR) is 91.9 cm³/mol. The van der Waals surface area contributed by atoms with Gasteiger partial charge in [0.1, 0.15) is 11.4 Å². The van der Waals surface area contributed by atoms with Crippen molar-refractivity contribution in [1.29, 1.82) is 0 Å². The van der Waals surface area contributed by atoms with E-state index in [4.69, 9.17) is 9.47 Å². The van der Waals surface area contributed by atoms with Gasteiger partial charge in [0, 0.05) is 0 Å². The van der Waals surface area contributed by atoms with Crippen LogP contribution in [0.1, 0.15) is 39.2 Å². The maximum Gasteiger partial charge on any atom is 0.411 e. The van der Waals surface area contributed by atoms with Crippen molar-refractivity contribution in [3.05, 3.63) is 35.4 Å². The summed E-state index contributed by atoms with van der Waals surface area (Å²) in [5, 5.41) is 9.53. The lowest BCUT2D eigenvalue weighted by molar-refractivity contribution is -0.136. The Kier molecular flexibility index (Phi) is 4.22. The second-order valence-corrected chi connectivity index (χ2v) is 7.36. The normalized spacial score (nSPS) is 22.3. The molecule has 2 unspecified atom stereocenters. The van der Waals surface area contributed by atoms with Crippen LogP contribution in [0, 0.1) is 0 Å². The van der Waals surface area contributed by atoms with Crippen LogP contribution in [0.2, 0.25) is 0 Å². The fourth-order valence-electron chi connectivity index (χ4n) is 3.65. The number of benzene rings is 1. The lowest BCUT2D eigenvalue weighted by atomic mass is 9.87. The van der Waals surface area contributed by atoms with Crippen LogP contribution >= 0.6 is 0 Å². The molecule has 25 heavy (non-hydrogen) atoms. The maximum absolute atomic E-state index is 12.7. The van der Waals surface area contributed by atoms with E-state index in [2.05, 4.69) is 0 Å². The molecule has 6 heteroatoms. The third-order valence-corrected chi connectivity index (χ3v) is 4.53. The van der Waals surface area contributed by atoms with Crippen LogP contribution in [-0.2, 0) is 14.3 Å². The van der Waals surface area contributed by atoms with Crippen LogP contribution in [0.15, 0.2) is 29.8 Å². The third-order valence-electron chi connectivity index (χ3n) is 4.53. The van der Waals surface area contributed by atoms with Gasteiger partial charge in [0.25, 0.3) is 0 Å². The summed E-state index contributed by atoms with van der Waals surface area (Å²) >= 11 is 0. The van der Waals surface area contributed by atoms with E-state index in [1.807, 2.05) is 20.8 Å². The Hall–Kier alpha value is -2.50. The number of nitrogens with zero attached hydrogens (tertiary/aromatic N) is 1. The molecule has 1 aromatic rings. The molecular formula is C19H23NO5. The SMILES string of the molecule is COC(=O)C1=C(c2ccc(O)cc2)C2CCC1N2C(=O)OC(C)(C)C. The average Bonchev–Trinajstić information content (AvgIpc) is 3.09. The second kappa shape index (κ2) is 6.10. The number of esters is 1. The molecule has 0 aliphatic carbocycles. The first kappa shape index (κ1) is 17.3. The molecule has 2 aliphatic heterocycles. The largest absolute Gasteiger partial charge is 0.508 e. The van der Waals surface area contributed by atoms with E-state index in [0.29, 0.717) is 12.0 Å². The number of ether oxygens (including phenoxy) is 2. The van der Waals surface area contributed by atoms with Gasteiger partial charge in [-0.2, -0.15) is 0 Å². The lowest BCUT2D eigenvalue weighted by Gasteiger charge is -2.28.